The molecule has 10 heteroatoms. The predicted molar refractivity (Wildman–Crippen MR) is 91.8 cm³/mol. The third-order valence-corrected chi connectivity index (χ3v) is 6.43. The van der Waals surface area contributed by atoms with Crippen LogP contribution in [0, 0.1) is 0 Å². The summed E-state index contributed by atoms with van der Waals surface area (Å²) in [5.41, 5.74) is -0.0227. The molecular weight excluding hydrogens is 362 g/mol. The normalized spacial score (nSPS) is 19.9. The molecule has 140 valence electrons. The van der Waals surface area contributed by atoms with Crippen LogP contribution in [0.15, 0.2) is 40.2 Å². The minimum Gasteiger partial charge on any atom is -0.493 e. The van der Waals surface area contributed by atoms with Crippen molar-refractivity contribution in [1.82, 2.24) is 8.96 Å². The summed E-state index contributed by atoms with van der Waals surface area (Å²) in [7, 11) is -4.06. The minimum absolute atomic E-state index is 0.0294. The average molecular weight is 381 g/mol. The predicted octanol–water partition coefficient (Wildman–Crippen LogP) is 0.462. The number of hydrogen-bond acceptors (Lipinski definition) is 7. The van der Waals surface area contributed by atoms with Crippen LogP contribution in [0.1, 0.15) is 12.8 Å². The first-order chi connectivity index (χ1) is 12.4. The third-order valence-electron chi connectivity index (χ3n) is 4.77. The SMILES string of the molecule is O=c1[nH]c(O)cn1S(=O)(=O)c1ccc(N2CCC3(CC2)OCCO3)cc1. The molecule has 0 atom stereocenters. The highest BCUT2D eigenvalue weighted by atomic mass is 32.2. The molecular formula is C16H19N3O6S. The molecule has 2 aromatic rings. The Bertz CT molecular complexity index is 947. The molecule has 2 aliphatic heterocycles. The lowest BCUT2D eigenvalue weighted by molar-refractivity contribution is -0.169. The lowest BCUT2D eigenvalue weighted by Crippen LogP contribution is -2.45. The molecule has 0 bridgehead atoms. The van der Waals surface area contributed by atoms with Crippen LogP contribution in [0.25, 0.3) is 0 Å². The molecule has 2 fully saturated rings. The van der Waals surface area contributed by atoms with Gasteiger partial charge in [0.2, 0.25) is 5.88 Å². The minimum atomic E-state index is -4.06. The van der Waals surface area contributed by atoms with Gasteiger partial charge in [-0.25, -0.2) is 13.2 Å². The Morgan fingerprint density at radius 3 is 2.23 bits per heavy atom. The van der Waals surface area contributed by atoms with Crippen molar-refractivity contribution in [3.05, 3.63) is 40.9 Å². The summed E-state index contributed by atoms with van der Waals surface area (Å²) < 4.78 is 36.9. The maximum Gasteiger partial charge on any atom is 0.342 e. The van der Waals surface area contributed by atoms with Crippen molar-refractivity contribution in [2.24, 2.45) is 0 Å². The van der Waals surface area contributed by atoms with Crippen LogP contribution in [0.3, 0.4) is 0 Å². The molecule has 0 saturated carbocycles. The zero-order valence-corrected chi connectivity index (χ0v) is 14.7. The largest absolute Gasteiger partial charge is 0.493 e. The fraction of sp³-hybridized carbons (Fsp3) is 0.438. The number of H-pyrrole nitrogens is 1. The van der Waals surface area contributed by atoms with E-state index in [-0.39, 0.29) is 4.90 Å². The first kappa shape index (κ1) is 17.1. The van der Waals surface area contributed by atoms with Gasteiger partial charge in [-0.15, -0.1) is 0 Å². The van der Waals surface area contributed by atoms with Crippen molar-refractivity contribution < 1.29 is 23.0 Å². The van der Waals surface area contributed by atoms with E-state index in [4.69, 9.17) is 9.47 Å². The van der Waals surface area contributed by atoms with Crippen LogP contribution in [-0.2, 0) is 19.5 Å². The number of anilines is 1. The van der Waals surface area contributed by atoms with Crippen LogP contribution in [0.2, 0.25) is 0 Å². The second kappa shape index (κ2) is 6.15. The van der Waals surface area contributed by atoms with Gasteiger partial charge in [-0.1, -0.05) is 0 Å². The van der Waals surface area contributed by atoms with Gasteiger partial charge in [0.25, 0.3) is 10.0 Å². The Hall–Kier alpha value is -2.30. The van der Waals surface area contributed by atoms with Crippen LogP contribution >= 0.6 is 0 Å². The van der Waals surface area contributed by atoms with Crippen molar-refractivity contribution >= 4 is 15.7 Å². The van der Waals surface area contributed by atoms with Crippen molar-refractivity contribution in [2.45, 2.75) is 23.5 Å². The second-order valence-corrected chi connectivity index (χ2v) is 8.15. The number of ether oxygens (including phenoxy) is 2. The van der Waals surface area contributed by atoms with Gasteiger partial charge >= 0.3 is 5.69 Å². The van der Waals surface area contributed by atoms with Crippen molar-refractivity contribution in [1.29, 1.82) is 0 Å². The first-order valence-corrected chi connectivity index (χ1v) is 9.73. The number of aromatic amines is 1. The number of aromatic nitrogens is 2. The Morgan fingerprint density at radius 2 is 1.69 bits per heavy atom. The number of hydrogen-bond donors (Lipinski definition) is 2. The summed E-state index contributed by atoms with van der Waals surface area (Å²) in [6, 6.07) is 6.32. The van der Waals surface area contributed by atoms with E-state index in [2.05, 4.69) is 4.90 Å². The maximum absolute atomic E-state index is 12.5. The zero-order valence-electron chi connectivity index (χ0n) is 13.9. The van der Waals surface area contributed by atoms with Crippen molar-refractivity contribution in [3.8, 4) is 5.88 Å². The van der Waals surface area contributed by atoms with Gasteiger partial charge in [0.05, 0.1) is 24.3 Å². The van der Waals surface area contributed by atoms with Crippen molar-refractivity contribution in [2.75, 3.05) is 31.2 Å². The van der Waals surface area contributed by atoms with Gasteiger partial charge < -0.3 is 19.5 Å². The Balaban J connectivity index is 1.52. The third kappa shape index (κ3) is 2.89. The second-order valence-electron chi connectivity index (χ2n) is 6.33. The molecule has 1 spiro atoms. The molecule has 9 nitrogen and oxygen atoms in total. The highest BCUT2D eigenvalue weighted by molar-refractivity contribution is 7.90. The standard InChI is InChI=1S/C16H19N3O6S/c20-14-11-19(15(21)17-14)26(22,23)13-3-1-12(2-4-13)18-7-5-16(6-8-18)24-9-10-25-16/h1-4,11,20H,5-10H2,(H,17,21). The number of aromatic hydroxyl groups is 1. The smallest absolute Gasteiger partial charge is 0.342 e. The fourth-order valence-corrected chi connectivity index (χ4v) is 4.59. The molecule has 1 aromatic heterocycles. The van der Waals surface area contributed by atoms with E-state index in [0.29, 0.717) is 17.2 Å². The molecule has 1 aromatic carbocycles. The van der Waals surface area contributed by atoms with Crippen LogP contribution in [0.5, 0.6) is 5.88 Å². The monoisotopic (exact) mass is 381 g/mol. The Morgan fingerprint density at radius 1 is 1.08 bits per heavy atom. The van der Waals surface area contributed by atoms with E-state index in [1.54, 1.807) is 12.1 Å². The molecule has 0 unspecified atom stereocenters. The summed E-state index contributed by atoms with van der Waals surface area (Å²) in [6.45, 7) is 2.75. The number of nitrogens with one attached hydrogen (secondary N) is 1. The van der Waals surface area contributed by atoms with E-state index in [0.717, 1.165) is 37.8 Å². The van der Waals surface area contributed by atoms with E-state index >= 15 is 0 Å². The van der Waals surface area contributed by atoms with E-state index in [9.17, 15) is 18.3 Å². The molecule has 3 heterocycles. The van der Waals surface area contributed by atoms with Gasteiger partial charge in [-0.05, 0) is 24.3 Å². The van der Waals surface area contributed by atoms with Gasteiger partial charge in [-0.3, -0.25) is 4.98 Å². The van der Waals surface area contributed by atoms with E-state index in [1.165, 1.54) is 12.1 Å². The summed E-state index contributed by atoms with van der Waals surface area (Å²) in [4.78, 5) is 15.8. The lowest BCUT2D eigenvalue weighted by atomic mass is 10.0. The highest BCUT2D eigenvalue weighted by Gasteiger charge is 2.39. The molecule has 2 N–H and O–H groups in total. The van der Waals surface area contributed by atoms with E-state index < -0.39 is 27.4 Å². The average Bonchev–Trinajstić information content (AvgIpc) is 3.22. The van der Waals surface area contributed by atoms with Crippen LogP contribution in [0.4, 0.5) is 5.69 Å². The number of rotatable bonds is 3. The molecule has 26 heavy (non-hydrogen) atoms. The van der Waals surface area contributed by atoms with Crippen LogP contribution < -0.4 is 10.6 Å². The topological polar surface area (TPSA) is 114 Å². The van der Waals surface area contributed by atoms with Gasteiger partial charge in [0, 0.05) is 31.6 Å². The molecule has 2 saturated heterocycles. The first-order valence-electron chi connectivity index (χ1n) is 8.29. The van der Waals surface area contributed by atoms with Crippen LogP contribution in [-0.4, -0.2) is 54.6 Å². The summed E-state index contributed by atoms with van der Waals surface area (Å²) in [6.07, 6.45) is 2.35. The number of imidazole rings is 1. The summed E-state index contributed by atoms with van der Waals surface area (Å²) in [5, 5.41) is 9.28. The highest BCUT2D eigenvalue weighted by Crippen LogP contribution is 2.33. The Labute approximate surface area is 149 Å². The summed E-state index contributed by atoms with van der Waals surface area (Å²) in [5.74, 6) is -0.967. The maximum atomic E-state index is 12.5. The number of benzene rings is 1. The quantitative estimate of drug-likeness (QED) is 0.794. The molecule has 4 rings (SSSR count). The van der Waals surface area contributed by atoms with Gasteiger partial charge in [0.15, 0.2) is 5.79 Å². The fourth-order valence-electron chi connectivity index (χ4n) is 3.38. The number of nitrogens with zero attached hydrogens (tertiary/aromatic N) is 2. The van der Waals surface area contributed by atoms with Gasteiger partial charge in [-0.2, -0.15) is 3.97 Å². The molecule has 0 amide bonds. The van der Waals surface area contributed by atoms with Gasteiger partial charge in [0.1, 0.15) is 0 Å². The lowest BCUT2D eigenvalue weighted by Gasteiger charge is -2.38. The molecule has 0 aliphatic carbocycles. The number of piperidine rings is 1. The van der Waals surface area contributed by atoms with Crippen molar-refractivity contribution in [3.63, 3.8) is 0 Å². The van der Waals surface area contributed by atoms with E-state index in [1.807, 2.05) is 4.98 Å². The molecule has 0 radical (unpaired) electrons. The summed E-state index contributed by atoms with van der Waals surface area (Å²) >= 11 is 0. The molecule has 2 aliphatic rings. The Kier molecular flexibility index (Phi) is 4.05. The zero-order chi connectivity index (χ0) is 18.4.